The molecule has 0 saturated heterocycles. The molecule has 0 radical (unpaired) electrons. The number of hydrogen-bond donors (Lipinski definition) is 0. The van der Waals surface area contributed by atoms with Crippen LogP contribution >= 0.6 is 0 Å². The third-order valence-electron chi connectivity index (χ3n) is 6.40. The fourth-order valence-corrected chi connectivity index (χ4v) is 4.60. The number of para-hydroxylation sites is 1. The summed E-state index contributed by atoms with van der Waals surface area (Å²) in [5, 5.41) is 0. The van der Waals surface area contributed by atoms with E-state index < -0.39 is 11.9 Å². The monoisotopic (exact) mass is 484 g/mol. The Morgan fingerprint density at radius 1 is 0.889 bits per heavy atom. The van der Waals surface area contributed by atoms with Crippen LogP contribution < -0.4 is 0 Å². The number of rotatable bonds is 6. The van der Waals surface area contributed by atoms with Gasteiger partial charge in [0.2, 0.25) is 0 Å². The van der Waals surface area contributed by atoms with Crippen LogP contribution in [0.5, 0.6) is 0 Å². The van der Waals surface area contributed by atoms with Gasteiger partial charge in [0, 0.05) is 17.1 Å². The molecular formula is C29H28N2O5. The van der Waals surface area contributed by atoms with Crippen molar-refractivity contribution in [3.05, 3.63) is 106 Å². The number of amides is 1. The largest absolute Gasteiger partial charge is 0.465 e. The van der Waals surface area contributed by atoms with Gasteiger partial charge in [-0.2, -0.15) is 0 Å². The second-order valence-corrected chi connectivity index (χ2v) is 8.56. The van der Waals surface area contributed by atoms with Crippen molar-refractivity contribution in [2.24, 2.45) is 0 Å². The highest BCUT2D eigenvalue weighted by Crippen LogP contribution is 2.34. The molecule has 0 saturated carbocycles. The normalized spacial score (nSPS) is 14.5. The number of aryl methyl sites for hydroxylation is 1. The maximum Gasteiger partial charge on any atom is 0.340 e. The molecule has 0 spiro atoms. The summed E-state index contributed by atoms with van der Waals surface area (Å²) in [4.78, 5) is 40.3. The van der Waals surface area contributed by atoms with Gasteiger partial charge in [0.25, 0.3) is 5.91 Å². The minimum absolute atomic E-state index is 0.248. The summed E-state index contributed by atoms with van der Waals surface area (Å²) in [6.07, 6.45) is 1.72. The number of benzene rings is 2. The molecule has 36 heavy (non-hydrogen) atoms. The maximum absolute atomic E-state index is 13.6. The summed E-state index contributed by atoms with van der Waals surface area (Å²) in [6, 6.07) is 18.7. The number of methoxy groups -OCH3 is 2. The van der Waals surface area contributed by atoms with E-state index in [1.165, 1.54) is 14.2 Å². The summed E-state index contributed by atoms with van der Waals surface area (Å²) >= 11 is 0. The minimum atomic E-state index is -0.562. The number of nitrogens with zero attached hydrogens (tertiary/aromatic N) is 2. The Labute approximate surface area is 210 Å². The molecule has 0 aliphatic carbocycles. The smallest absolute Gasteiger partial charge is 0.340 e. The van der Waals surface area contributed by atoms with Gasteiger partial charge in [-0.15, -0.1) is 0 Å². The zero-order valence-electron chi connectivity index (χ0n) is 21.0. The number of ether oxygens (including phenoxy) is 2. The molecule has 7 nitrogen and oxygen atoms in total. The van der Waals surface area contributed by atoms with Gasteiger partial charge in [0.15, 0.2) is 0 Å². The second kappa shape index (κ2) is 10.1. The third kappa shape index (κ3) is 4.35. The first kappa shape index (κ1) is 24.7. The van der Waals surface area contributed by atoms with Crippen LogP contribution in [0.2, 0.25) is 0 Å². The SMILES string of the molecule is COC(=O)C1=C(C)N(Cc2ccccc2)C(=O)/C1=C\c1cc(C)n(-c2ccccc2C(=O)OC)c1C. The van der Waals surface area contributed by atoms with Crippen LogP contribution in [0.4, 0.5) is 0 Å². The van der Waals surface area contributed by atoms with Gasteiger partial charge < -0.3 is 18.9 Å². The second-order valence-electron chi connectivity index (χ2n) is 8.56. The van der Waals surface area contributed by atoms with Crippen LogP contribution in [0, 0.1) is 13.8 Å². The van der Waals surface area contributed by atoms with Crippen molar-refractivity contribution < 1.29 is 23.9 Å². The molecule has 7 heteroatoms. The van der Waals surface area contributed by atoms with Gasteiger partial charge in [-0.1, -0.05) is 42.5 Å². The standard InChI is InChI=1S/C29H28N2O5/c1-18-15-22(19(2)31(18)25-14-10-9-13-23(25)28(33)35-4)16-24-26(29(34)36-5)20(3)30(27(24)32)17-21-11-7-6-8-12-21/h6-16H,17H2,1-5H3/b24-16-. The van der Waals surface area contributed by atoms with Crippen LogP contribution in [0.1, 0.15) is 39.8 Å². The predicted molar refractivity (Wildman–Crippen MR) is 136 cm³/mol. The van der Waals surface area contributed by atoms with Crippen LogP contribution in [0.15, 0.2) is 77.5 Å². The third-order valence-corrected chi connectivity index (χ3v) is 6.40. The van der Waals surface area contributed by atoms with Crippen molar-refractivity contribution in [3.8, 4) is 5.69 Å². The first-order chi connectivity index (χ1) is 17.3. The molecule has 2 aromatic carbocycles. The Hall–Kier alpha value is -4.39. The molecule has 0 fully saturated rings. The molecule has 0 N–H and O–H groups in total. The highest BCUT2D eigenvalue weighted by Gasteiger charge is 2.37. The lowest BCUT2D eigenvalue weighted by Gasteiger charge is -2.17. The van der Waals surface area contributed by atoms with Crippen LogP contribution in [-0.4, -0.2) is 41.5 Å². The Morgan fingerprint density at radius 3 is 2.19 bits per heavy atom. The van der Waals surface area contributed by atoms with Gasteiger partial charge >= 0.3 is 11.9 Å². The van der Waals surface area contributed by atoms with Crippen LogP contribution in [-0.2, 0) is 25.6 Å². The van der Waals surface area contributed by atoms with E-state index in [1.807, 2.05) is 66.9 Å². The van der Waals surface area contributed by atoms with Crippen LogP contribution in [0.3, 0.4) is 0 Å². The number of esters is 2. The molecule has 1 amide bonds. The predicted octanol–water partition coefficient (Wildman–Crippen LogP) is 4.75. The quantitative estimate of drug-likeness (QED) is 0.373. The Bertz CT molecular complexity index is 1410. The van der Waals surface area contributed by atoms with E-state index in [4.69, 9.17) is 9.47 Å². The lowest BCUT2D eigenvalue weighted by molar-refractivity contribution is -0.136. The average molecular weight is 485 g/mol. The fourth-order valence-electron chi connectivity index (χ4n) is 4.60. The lowest BCUT2D eigenvalue weighted by Crippen LogP contribution is -2.24. The summed E-state index contributed by atoms with van der Waals surface area (Å²) in [7, 11) is 2.65. The average Bonchev–Trinajstić information content (AvgIpc) is 3.30. The van der Waals surface area contributed by atoms with E-state index in [0.29, 0.717) is 23.5 Å². The number of carbonyl (C=O) groups excluding carboxylic acids is 3. The van der Waals surface area contributed by atoms with Crippen molar-refractivity contribution in [1.29, 1.82) is 0 Å². The first-order valence-electron chi connectivity index (χ1n) is 11.5. The molecule has 1 aliphatic heterocycles. The Morgan fingerprint density at radius 2 is 1.53 bits per heavy atom. The van der Waals surface area contributed by atoms with E-state index in [-0.39, 0.29) is 17.1 Å². The Kier molecular flexibility index (Phi) is 6.92. The highest BCUT2D eigenvalue weighted by molar-refractivity contribution is 6.16. The molecule has 2 heterocycles. The topological polar surface area (TPSA) is 77.8 Å². The van der Waals surface area contributed by atoms with Gasteiger partial charge in [0.1, 0.15) is 0 Å². The lowest BCUT2D eigenvalue weighted by atomic mass is 10.0. The number of aromatic nitrogens is 1. The van der Waals surface area contributed by atoms with E-state index in [0.717, 1.165) is 22.5 Å². The number of allylic oxidation sites excluding steroid dienone is 1. The molecule has 3 aromatic rings. The van der Waals surface area contributed by atoms with Gasteiger partial charge in [-0.3, -0.25) is 4.79 Å². The van der Waals surface area contributed by atoms with E-state index in [2.05, 4.69) is 0 Å². The van der Waals surface area contributed by atoms with E-state index in [1.54, 1.807) is 30.0 Å². The summed E-state index contributed by atoms with van der Waals surface area (Å²) < 4.78 is 11.9. The molecular weight excluding hydrogens is 456 g/mol. The van der Waals surface area contributed by atoms with E-state index >= 15 is 0 Å². The van der Waals surface area contributed by atoms with E-state index in [9.17, 15) is 14.4 Å². The van der Waals surface area contributed by atoms with Gasteiger partial charge in [0.05, 0.1) is 43.2 Å². The van der Waals surface area contributed by atoms with Crippen molar-refractivity contribution in [1.82, 2.24) is 9.47 Å². The molecule has 0 atom stereocenters. The zero-order chi connectivity index (χ0) is 26.0. The number of hydrogen-bond acceptors (Lipinski definition) is 5. The summed E-state index contributed by atoms with van der Waals surface area (Å²) in [5.74, 6) is -1.27. The molecule has 184 valence electrons. The van der Waals surface area contributed by atoms with Crippen LogP contribution in [0.25, 0.3) is 11.8 Å². The van der Waals surface area contributed by atoms with Gasteiger partial charge in [-0.05, 0) is 56.2 Å². The Balaban J connectivity index is 1.81. The zero-order valence-corrected chi connectivity index (χ0v) is 21.0. The molecule has 1 aromatic heterocycles. The van der Waals surface area contributed by atoms with Crippen molar-refractivity contribution >= 4 is 23.9 Å². The van der Waals surface area contributed by atoms with Crippen molar-refractivity contribution in [2.45, 2.75) is 27.3 Å². The molecule has 1 aliphatic rings. The highest BCUT2D eigenvalue weighted by atomic mass is 16.5. The molecule has 0 unspecified atom stereocenters. The summed E-state index contributed by atoms with van der Waals surface area (Å²) in [5.41, 5.74) is 5.56. The molecule has 4 rings (SSSR count). The minimum Gasteiger partial charge on any atom is -0.465 e. The van der Waals surface area contributed by atoms with Crippen molar-refractivity contribution in [3.63, 3.8) is 0 Å². The maximum atomic E-state index is 13.6. The van der Waals surface area contributed by atoms with Gasteiger partial charge in [-0.25, -0.2) is 9.59 Å². The fraction of sp³-hybridized carbons (Fsp3) is 0.207. The van der Waals surface area contributed by atoms with Crippen molar-refractivity contribution in [2.75, 3.05) is 14.2 Å². The first-order valence-corrected chi connectivity index (χ1v) is 11.5. The molecule has 0 bridgehead atoms. The number of carbonyl (C=O) groups is 3. The summed E-state index contributed by atoms with van der Waals surface area (Å²) in [6.45, 7) is 5.92.